The summed E-state index contributed by atoms with van der Waals surface area (Å²) in [5, 5.41) is 3.48. The van der Waals surface area contributed by atoms with Crippen LogP contribution in [0.5, 0.6) is 0 Å². The lowest BCUT2D eigenvalue weighted by Gasteiger charge is -2.16. The van der Waals surface area contributed by atoms with Crippen LogP contribution in [0.1, 0.15) is 28.9 Å². The van der Waals surface area contributed by atoms with E-state index < -0.39 is 0 Å². The third kappa shape index (κ3) is 3.03. The highest BCUT2D eigenvalue weighted by molar-refractivity contribution is 5.18. The summed E-state index contributed by atoms with van der Waals surface area (Å²) < 4.78 is 7.54. The van der Waals surface area contributed by atoms with Gasteiger partial charge in [-0.2, -0.15) is 0 Å². The topological polar surface area (TPSA) is 55.9 Å². The molecular formula is C16H18N4O. The summed E-state index contributed by atoms with van der Waals surface area (Å²) in [4.78, 5) is 8.74. The lowest BCUT2D eigenvalue weighted by atomic mass is 10.2. The van der Waals surface area contributed by atoms with Crippen LogP contribution in [0.3, 0.4) is 0 Å². The summed E-state index contributed by atoms with van der Waals surface area (Å²) in [7, 11) is 1.98. The zero-order valence-electron chi connectivity index (χ0n) is 12.2. The molecular weight excluding hydrogens is 264 g/mol. The van der Waals surface area contributed by atoms with Gasteiger partial charge in [0.15, 0.2) is 0 Å². The van der Waals surface area contributed by atoms with Crippen LogP contribution in [-0.4, -0.2) is 14.5 Å². The number of aryl methyl sites for hydroxylation is 2. The van der Waals surface area contributed by atoms with Gasteiger partial charge in [0, 0.05) is 37.9 Å². The lowest BCUT2D eigenvalue weighted by Crippen LogP contribution is -2.24. The highest BCUT2D eigenvalue weighted by Crippen LogP contribution is 2.21. The van der Waals surface area contributed by atoms with Crippen LogP contribution in [0.15, 0.2) is 53.5 Å². The van der Waals surface area contributed by atoms with Crippen molar-refractivity contribution in [3.63, 3.8) is 0 Å². The maximum absolute atomic E-state index is 5.55. The lowest BCUT2D eigenvalue weighted by molar-refractivity contribution is 0.429. The molecule has 0 fully saturated rings. The average molecular weight is 282 g/mol. The second-order valence-corrected chi connectivity index (χ2v) is 5.03. The first-order valence-electron chi connectivity index (χ1n) is 6.89. The van der Waals surface area contributed by atoms with Gasteiger partial charge in [0.25, 0.3) is 0 Å². The monoisotopic (exact) mass is 282 g/mol. The minimum atomic E-state index is -0.0821. The predicted molar refractivity (Wildman–Crippen MR) is 79.6 cm³/mol. The summed E-state index contributed by atoms with van der Waals surface area (Å²) in [6, 6.07) is 7.86. The van der Waals surface area contributed by atoms with Gasteiger partial charge < -0.3 is 8.98 Å². The van der Waals surface area contributed by atoms with Gasteiger partial charge in [-0.1, -0.05) is 6.07 Å². The number of hydrogen-bond donors (Lipinski definition) is 1. The van der Waals surface area contributed by atoms with Crippen molar-refractivity contribution in [3.05, 3.63) is 72.0 Å². The highest BCUT2D eigenvalue weighted by atomic mass is 16.3. The van der Waals surface area contributed by atoms with E-state index in [9.17, 15) is 0 Å². The Bertz CT molecular complexity index is 685. The molecule has 0 aromatic carbocycles. The van der Waals surface area contributed by atoms with Gasteiger partial charge in [-0.3, -0.25) is 10.3 Å². The molecule has 0 aliphatic heterocycles. The second kappa shape index (κ2) is 5.93. The first-order valence-corrected chi connectivity index (χ1v) is 6.89. The molecule has 108 valence electrons. The third-order valence-corrected chi connectivity index (χ3v) is 3.43. The normalized spacial score (nSPS) is 12.5. The van der Waals surface area contributed by atoms with Crippen molar-refractivity contribution in [2.75, 3.05) is 0 Å². The highest BCUT2D eigenvalue weighted by Gasteiger charge is 2.20. The van der Waals surface area contributed by atoms with E-state index in [0.29, 0.717) is 6.54 Å². The minimum absolute atomic E-state index is 0.0821. The first-order chi connectivity index (χ1) is 10.2. The quantitative estimate of drug-likeness (QED) is 0.781. The molecule has 5 nitrogen and oxygen atoms in total. The molecule has 0 saturated carbocycles. The van der Waals surface area contributed by atoms with Crippen molar-refractivity contribution in [1.29, 1.82) is 0 Å². The predicted octanol–water partition coefficient (Wildman–Crippen LogP) is 2.60. The SMILES string of the molecule is Cc1ccc(CNC(c2ccco2)c2nccn2C)cn1. The summed E-state index contributed by atoms with van der Waals surface area (Å²) >= 11 is 0. The van der Waals surface area contributed by atoms with E-state index in [1.54, 1.807) is 12.5 Å². The standard InChI is InChI=1S/C16H18N4O/c1-12-5-6-13(10-18-12)11-19-15(14-4-3-9-21-14)16-17-7-8-20(16)2/h3-10,15,19H,11H2,1-2H3. The fraction of sp³-hybridized carbons (Fsp3) is 0.250. The van der Waals surface area contributed by atoms with Crippen molar-refractivity contribution in [1.82, 2.24) is 19.9 Å². The molecule has 0 amide bonds. The molecule has 3 aromatic rings. The Morgan fingerprint density at radius 1 is 1.29 bits per heavy atom. The van der Waals surface area contributed by atoms with Crippen molar-refractivity contribution < 1.29 is 4.42 Å². The van der Waals surface area contributed by atoms with E-state index in [-0.39, 0.29) is 6.04 Å². The molecule has 1 unspecified atom stereocenters. The molecule has 5 heteroatoms. The Hall–Kier alpha value is -2.40. The van der Waals surface area contributed by atoms with Crippen LogP contribution in [0.25, 0.3) is 0 Å². The molecule has 0 aliphatic rings. The number of pyridine rings is 1. The van der Waals surface area contributed by atoms with Crippen LogP contribution in [0, 0.1) is 6.92 Å². The molecule has 3 rings (SSSR count). The number of nitrogens with one attached hydrogen (secondary N) is 1. The van der Waals surface area contributed by atoms with Gasteiger partial charge in [0.05, 0.1) is 6.26 Å². The Balaban J connectivity index is 1.80. The van der Waals surface area contributed by atoms with Crippen molar-refractivity contribution in [2.45, 2.75) is 19.5 Å². The molecule has 3 heterocycles. The van der Waals surface area contributed by atoms with E-state index in [2.05, 4.69) is 21.4 Å². The number of furan rings is 1. The minimum Gasteiger partial charge on any atom is -0.467 e. The van der Waals surface area contributed by atoms with Crippen LogP contribution in [0.2, 0.25) is 0 Å². The molecule has 0 aliphatic carbocycles. The largest absolute Gasteiger partial charge is 0.467 e. The summed E-state index contributed by atoms with van der Waals surface area (Å²) in [6.07, 6.45) is 7.29. The second-order valence-electron chi connectivity index (χ2n) is 5.03. The molecule has 21 heavy (non-hydrogen) atoms. The van der Waals surface area contributed by atoms with E-state index in [0.717, 1.165) is 22.8 Å². The number of rotatable bonds is 5. The van der Waals surface area contributed by atoms with Crippen LogP contribution < -0.4 is 5.32 Å². The van der Waals surface area contributed by atoms with Gasteiger partial charge in [-0.05, 0) is 30.7 Å². The first kappa shape index (κ1) is 13.6. The average Bonchev–Trinajstić information content (AvgIpc) is 3.14. The summed E-state index contributed by atoms with van der Waals surface area (Å²) in [5.41, 5.74) is 2.15. The maximum Gasteiger partial charge on any atom is 0.133 e. The fourth-order valence-corrected chi connectivity index (χ4v) is 2.25. The Kier molecular flexibility index (Phi) is 3.83. The zero-order valence-corrected chi connectivity index (χ0v) is 12.2. The van der Waals surface area contributed by atoms with E-state index in [4.69, 9.17) is 4.42 Å². The molecule has 0 radical (unpaired) electrons. The zero-order chi connectivity index (χ0) is 14.7. The van der Waals surface area contributed by atoms with Gasteiger partial charge in [-0.25, -0.2) is 4.98 Å². The van der Waals surface area contributed by atoms with Crippen LogP contribution >= 0.6 is 0 Å². The molecule has 0 saturated heterocycles. The van der Waals surface area contributed by atoms with Crippen molar-refractivity contribution in [3.8, 4) is 0 Å². The molecule has 3 aromatic heterocycles. The van der Waals surface area contributed by atoms with Gasteiger partial charge in [-0.15, -0.1) is 0 Å². The Morgan fingerprint density at radius 2 is 2.19 bits per heavy atom. The van der Waals surface area contributed by atoms with E-state index in [1.165, 1.54) is 0 Å². The van der Waals surface area contributed by atoms with Gasteiger partial charge >= 0.3 is 0 Å². The van der Waals surface area contributed by atoms with Crippen molar-refractivity contribution >= 4 is 0 Å². The third-order valence-electron chi connectivity index (χ3n) is 3.43. The molecule has 1 N–H and O–H groups in total. The summed E-state index contributed by atoms with van der Waals surface area (Å²) in [6.45, 7) is 2.68. The van der Waals surface area contributed by atoms with Crippen LogP contribution in [0.4, 0.5) is 0 Å². The van der Waals surface area contributed by atoms with Gasteiger partial charge in [0.1, 0.15) is 17.6 Å². The number of imidazole rings is 1. The number of nitrogens with zero attached hydrogens (tertiary/aromatic N) is 3. The van der Waals surface area contributed by atoms with Crippen LogP contribution in [-0.2, 0) is 13.6 Å². The maximum atomic E-state index is 5.55. The molecule has 1 atom stereocenters. The van der Waals surface area contributed by atoms with E-state index >= 15 is 0 Å². The Morgan fingerprint density at radius 3 is 2.81 bits per heavy atom. The molecule has 0 spiro atoms. The molecule has 0 bridgehead atoms. The smallest absolute Gasteiger partial charge is 0.133 e. The Labute approximate surface area is 123 Å². The summed E-state index contributed by atoms with van der Waals surface area (Å²) in [5.74, 6) is 1.77. The van der Waals surface area contributed by atoms with Gasteiger partial charge in [0.2, 0.25) is 0 Å². The fourth-order valence-electron chi connectivity index (χ4n) is 2.25. The number of aromatic nitrogens is 3. The van der Waals surface area contributed by atoms with E-state index in [1.807, 2.05) is 49.1 Å². The van der Waals surface area contributed by atoms with Crippen molar-refractivity contribution in [2.24, 2.45) is 7.05 Å². The number of hydrogen-bond acceptors (Lipinski definition) is 4.